The van der Waals surface area contributed by atoms with Crippen LogP contribution in [0.4, 0.5) is 0 Å². The Morgan fingerprint density at radius 3 is 0.400 bits per heavy atom. The molecule has 0 aromatic rings. The van der Waals surface area contributed by atoms with Gasteiger partial charge in [-0.05, 0) is 0 Å². The third-order valence-electron chi connectivity index (χ3n) is 0. The Morgan fingerprint density at radius 2 is 0.400 bits per heavy atom. The smallest absolute Gasteiger partial charge is 0 e. The second-order valence-electron chi connectivity index (χ2n) is 0. The first-order valence-electron chi connectivity index (χ1n) is 1.33. The number of hydrogen-bond donors (Lipinski definition) is 0. The van der Waals surface area contributed by atoms with Crippen molar-refractivity contribution < 1.29 is 2.85 Å². The van der Waals surface area contributed by atoms with Gasteiger partial charge in [-0.2, -0.15) is 0 Å². The highest BCUT2D eigenvalue weighted by atomic mass is 12.6. The first-order valence-corrected chi connectivity index (χ1v) is 1.33. The van der Waals surface area contributed by atoms with E-state index < -0.39 is 0 Å². The Labute approximate surface area is 70.0 Å². The third kappa shape index (κ3) is 55.3. The topological polar surface area (TPSA) is 0 Å². The molecule has 0 radical (unpaired) electrons. The first kappa shape index (κ1) is 86.1. The van der Waals surface area contributed by atoms with E-state index in [2.05, 4.69) is 51.4 Å². The van der Waals surface area contributed by atoms with Crippen molar-refractivity contribution in [3.8, 4) is 51.4 Å². The summed E-state index contributed by atoms with van der Waals surface area (Å²) in [4.78, 5) is 0. The molecule has 0 nitrogen and oxygen atoms in total. The van der Waals surface area contributed by atoms with Crippen molar-refractivity contribution >= 4 is 0 Å². The molecule has 0 aromatic heterocycles. The Hall–Kier alpha value is -1.76. The summed E-state index contributed by atoms with van der Waals surface area (Å²) in [6, 6.07) is 0. The van der Waals surface area contributed by atoms with Gasteiger partial charge in [-0.3, -0.25) is 0 Å². The Kier molecular flexibility index (Phi) is 783. The van der Waals surface area contributed by atoms with Gasteiger partial charge in [-0.15, -0.1) is 51.4 Å². The minimum atomic E-state index is 0. The third-order valence-corrected chi connectivity index (χ3v) is 0. The van der Waals surface area contributed by atoms with Crippen molar-refractivity contribution in [1.82, 2.24) is 0 Å². The Bertz CT molecular complexity index is 50.8. The molecule has 0 fully saturated rings. The minimum Gasteiger partial charge on any atom is -0.124 e. The maximum absolute atomic E-state index is 4.00. The van der Waals surface area contributed by atoms with Crippen LogP contribution in [0.2, 0.25) is 0 Å². The number of terminal acetylenes is 4. The lowest BCUT2D eigenvalue weighted by Gasteiger charge is -0.701. The molecule has 0 saturated carbocycles. The largest absolute Gasteiger partial charge is 0.124 e. The van der Waals surface area contributed by atoms with Gasteiger partial charge in [-0.25, -0.2) is 0 Å². The molecule has 60 valence electrons. The lowest BCUT2D eigenvalue weighted by molar-refractivity contribution is 2.50. The Balaban J connectivity index is -0.00000000267. The predicted molar refractivity (Wildman–Crippen MR) is 57.3 cm³/mol. The van der Waals surface area contributed by atoms with Gasteiger partial charge in [0.25, 0.3) is 0 Å². The fourth-order valence-corrected chi connectivity index (χ4v) is 0. The fourth-order valence-electron chi connectivity index (χ4n) is 0. The molecule has 0 aliphatic heterocycles. The molecule has 0 heterocycles. The van der Waals surface area contributed by atoms with Crippen molar-refractivity contribution in [1.29, 1.82) is 0 Å². The van der Waals surface area contributed by atoms with E-state index in [1.54, 1.807) is 0 Å². The molecule has 0 aliphatic carbocycles. The first-order chi connectivity index (χ1) is 4.00. The second kappa shape index (κ2) is 91.0. The summed E-state index contributed by atoms with van der Waals surface area (Å²) in [5.74, 6) is 0. The molecule has 0 unspecified atom stereocenters. The lowest BCUT2D eigenvalue weighted by Crippen LogP contribution is -0.576. The van der Waals surface area contributed by atoms with E-state index in [-0.39, 0.29) is 17.7 Å². The molecule has 10 heavy (non-hydrogen) atoms. The summed E-state index contributed by atoms with van der Waals surface area (Å²) in [6.45, 7) is 0. The highest BCUT2D eigenvalue weighted by Crippen LogP contribution is 0.585. The molecular formula is C10H20. The minimum absolute atomic E-state index is 0. The molecule has 0 aliphatic rings. The van der Waals surface area contributed by atoms with Crippen LogP contribution in [0.15, 0.2) is 0 Å². The van der Waals surface area contributed by atoms with Crippen LogP contribution in [0.1, 0.15) is 17.7 Å². The molecule has 0 N–H and O–H groups in total. The standard InChI is InChI=1S/4C2H2.2CH4.2H2/c4*1-2;;;;/h4*1-2H;2*1H4;2*1H/i;;;;;;2*1+2. The van der Waals surface area contributed by atoms with Crippen LogP contribution in [0.5, 0.6) is 0 Å². The van der Waals surface area contributed by atoms with Gasteiger partial charge < -0.3 is 0 Å². The quantitative estimate of drug-likeness (QED) is 0.459. The molecule has 0 aromatic carbocycles. The van der Waals surface area contributed by atoms with Gasteiger partial charge in [0.15, 0.2) is 0 Å². The highest BCUT2D eigenvalue weighted by Gasteiger charge is 0.460. The van der Waals surface area contributed by atoms with Crippen LogP contribution in [-0.4, -0.2) is 0 Å². The van der Waals surface area contributed by atoms with Gasteiger partial charge in [0.05, 0.1) is 0 Å². The van der Waals surface area contributed by atoms with Crippen molar-refractivity contribution in [3.05, 3.63) is 0 Å². The van der Waals surface area contributed by atoms with Gasteiger partial charge in [0.1, 0.15) is 0 Å². The summed E-state index contributed by atoms with van der Waals surface area (Å²) in [6.07, 6.45) is 32.0. The van der Waals surface area contributed by atoms with E-state index in [1.807, 2.05) is 0 Å². The highest BCUT2D eigenvalue weighted by molar-refractivity contribution is 4.47. The van der Waals surface area contributed by atoms with E-state index in [4.69, 9.17) is 0 Å². The van der Waals surface area contributed by atoms with Crippen molar-refractivity contribution in [2.75, 3.05) is 0 Å². The molecule has 0 heteroatoms. The van der Waals surface area contributed by atoms with Gasteiger partial charge in [0, 0.05) is 2.85 Å². The van der Waals surface area contributed by atoms with Crippen LogP contribution in [0, 0.1) is 51.4 Å². The molecule has 0 bridgehead atoms. The van der Waals surface area contributed by atoms with Crippen LogP contribution >= 0.6 is 0 Å². The molecular weight excluding hydrogens is 120 g/mol. The SMILES string of the molecule is C.C.C#C.C#C.C#C.C#C.[3HH].[3HH]. The monoisotopic (exact) mass is 144 g/mol. The Morgan fingerprint density at radius 1 is 0.400 bits per heavy atom. The second-order valence-corrected chi connectivity index (χ2v) is 0. The van der Waals surface area contributed by atoms with Crippen molar-refractivity contribution in [3.63, 3.8) is 0 Å². The maximum Gasteiger partial charge on any atom is 0 e. The molecule has 0 spiro atoms. The zero-order valence-corrected chi connectivity index (χ0v) is 4.62. The number of hydrogen-bond acceptors (Lipinski definition) is 0. The lowest BCUT2D eigenvalue weighted by atomic mass is 11.4. The zero-order valence-electron chi connectivity index (χ0n) is 4.62. The maximum atomic E-state index is 4.00. The van der Waals surface area contributed by atoms with E-state index in [0.29, 0.717) is 0 Å². The van der Waals surface area contributed by atoms with Crippen LogP contribution in [-0.2, 0) is 0 Å². The molecule has 0 atom stereocenters. The van der Waals surface area contributed by atoms with Crippen LogP contribution in [0.25, 0.3) is 0 Å². The van der Waals surface area contributed by atoms with Crippen molar-refractivity contribution in [2.24, 2.45) is 0 Å². The van der Waals surface area contributed by atoms with E-state index in [9.17, 15) is 0 Å². The van der Waals surface area contributed by atoms with Gasteiger partial charge in [0.2, 0.25) is 0 Å². The summed E-state index contributed by atoms with van der Waals surface area (Å²) in [5, 5.41) is 0. The summed E-state index contributed by atoms with van der Waals surface area (Å²) < 4.78 is 0. The molecule has 0 rings (SSSR count). The van der Waals surface area contributed by atoms with E-state index >= 15 is 0 Å². The average molecular weight is 144 g/mol. The zero-order chi connectivity index (χ0) is 8.00. The van der Waals surface area contributed by atoms with Gasteiger partial charge >= 0.3 is 0 Å². The average Bonchev–Trinajstić information content (AvgIpc) is 2.03. The predicted octanol–water partition coefficient (Wildman–Crippen LogP) is 2.76. The fraction of sp³-hybridized carbons (Fsp3) is 0.200. The molecule has 0 saturated heterocycles. The van der Waals surface area contributed by atoms with Crippen LogP contribution < -0.4 is 0 Å². The van der Waals surface area contributed by atoms with Gasteiger partial charge in [-0.1, -0.05) is 14.9 Å². The van der Waals surface area contributed by atoms with E-state index in [1.165, 1.54) is 0 Å². The van der Waals surface area contributed by atoms with E-state index in [0.717, 1.165) is 0 Å². The summed E-state index contributed by atoms with van der Waals surface area (Å²) >= 11 is 0. The summed E-state index contributed by atoms with van der Waals surface area (Å²) in [7, 11) is 0. The molecule has 0 amide bonds. The van der Waals surface area contributed by atoms with Crippen molar-refractivity contribution in [2.45, 2.75) is 14.9 Å². The van der Waals surface area contributed by atoms with Crippen LogP contribution in [0.3, 0.4) is 0 Å². The normalized spacial score (nSPS) is 0.800. The number of rotatable bonds is 0. The summed E-state index contributed by atoms with van der Waals surface area (Å²) in [5.41, 5.74) is 0.